The first-order chi connectivity index (χ1) is 11.6. The lowest BCUT2D eigenvalue weighted by Crippen LogP contribution is -2.42. The van der Waals surface area contributed by atoms with Gasteiger partial charge in [0.05, 0.1) is 6.04 Å². The average Bonchev–Trinajstić information content (AvgIpc) is 3.18. The second-order valence-electron chi connectivity index (χ2n) is 6.23. The Labute approximate surface area is 139 Å². The number of halogens is 1. The number of aryl methyl sites for hydroxylation is 1. The highest BCUT2D eigenvalue weighted by Gasteiger charge is 2.33. The van der Waals surface area contributed by atoms with E-state index in [4.69, 9.17) is 0 Å². The number of carbonyl (C=O) groups is 1. The van der Waals surface area contributed by atoms with Gasteiger partial charge in [-0.2, -0.15) is 4.39 Å². The van der Waals surface area contributed by atoms with Crippen LogP contribution in [0.1, 0.15) is 41.1 Å². The molecular weight excluding hydrogens is 307 g/mol. The number of amides is 1. The summed E-state index contributed by atoms with van der Waals surface area (Å²) in [5, 5.41) is 0. The first-order valence-electron chi connectivity index (χ1n) is 8.20. The lowest BCUT2D eigenvalue weighted by atomic mass is 10.1. The topological polar surface area (TPSA) is 42.5 Å². The zero-order chi connectivity index (χ0) is 16.8. The Kier molecular flexibility index (Phi) is 3.40. The van der Waals surface area contributed by atoms with Gasteiger partial charge in [-0.25, -0.2) is 4.98 Å². The van der Waals surface area contributed by atoms with Crippen LogP contribution in [0.5, 0.6) is 0 Å². The summed E-state index contributed by atoms with van der Waals surface area (Å²) in [5.74, 6) is -0.928. The van der Waals surface area contributed by atoms with Gasteiger partial charge in [0.1, 0.15) is 5.65 Å². The molecule has 1 aliphatic rings. The number of hydrogen-bond acceptors (Lipinski definition) is 2. The molecule has 0 radical (unpaired) electrons. The van der Waals surface area contributed by atoms with Crippen LogP contribution in [-0.4, -0.2) is 31.3 Å². The van der Waals surface area contributed by atoms with Crippen molar-refractivity contribution < 1.29 is 9.18 Å². The number of carbonyl (C=O) groups excluding carboxylic acids is 1. The largest absolute Gasteiger partial charge is 0.348 e. The summed E-state index contributed by atoms with van der Waals surface area (Å²) >= 11 is 0. The van der Waals surface area contributed by atoms with Crippen molar-refractivity contribution in [2.45, 2.75) is 32.9 Å². The summed E-state index contributed by atoms with van der Waals surface area (Å²) in [4.78, 5) is 19.0. The van der Waals surface area contributed by atoms with Crippen LogP contribution < -0.4 is 0 Å². The Morgan fingerprint density at radius 1 is 1.33 bits per heavy atom. The minimum atomic E-state index is -0.588. The molecule has 1 aliphatic heterocycles. The first-order valence-corrected chi connectivity index (χ1v) is 8.20. The van der Waals surface area contributed by atoms with Gasteiger partial charge in [0.15, 0.2) is 5.69 Å². The zero-order valence-electron chi connectivity index (χ0n) is 13.7. The number of hydrogen-bond donors (Lipinski definition) is 0. The monoisotopic (exact) mass is 326 g/mol. The number of aromatic nitrogens is 3. The fourth-order valence-electron chi connectivity index (χ4n) is 3.53. The molecule has 0 saturated heterocycles. The lowest BCUT2D eigenvalue weighted by molar-refractivity contribution is 0.0607. The van der Waals surface area contributed by atoms with Crippen molar-refractivity contribution in [3.63, 3.8) is 0 Å². The molecule has 1 unspecified atom stereocenters. The van der Waals surface area contributed by atoms with E-state index in [1.165, 1.54) is 4.40 Å². The van der Waals surface area contributed by atoms with Gasteiger partial charge in [0, 0.05) is 31.2 Å². The molecule has 0 aliphatic carbocycles. The van der Waals surface area contributed by atoms with E-state index >= 15 is 0 Å². The Morgan fingerprint density at radius 2 is 2.17 bits per heavy atom. The number of imidazole rings is 1. The molecule has 0 spiro atoms. The highest BCUT2D eigenvalue weighted by molar-refractivity contribution is 5.93. The number of rotatable bonds is 2. The van der Waals surface area contributed by atoms with E-state index in [0.717, 1.165) is 24.2 Å². The highest BCUT2D eigenvalue weighted by Crippen LogP contribution is 2.30. The molecule has 1 amide bonds. The van der Waals surface area contributed by atoms with Crippen molar-refractivity contribution in [1.29, 1.82) is 0 Å². The first kappa shape index (κ1) is 14.9. The summed E-state index contributed by atoms with van der Waals surface area (Å²) in [6, 6.07) is 7.55. The van der Waals surface area contributed by atoms with Crippen LogP contribution in [0, 0.1) is 12.9 Å². The van der Waals surface area contributed by atoms with Crippen LogP contribution in [0.4, 0.5) is 4.39 Å². The molecule has 5 nitrogen and oxygen atoms in total. The molecular formula is C18H19FN4O. The fourth-order valence-corrected chi connectivity index (χ4v) is 3.53. The van der Waals surface area contributed by atoms with E-state index in [1.54, 1.807) is 17.2 Å². The molecule has 124 valence electrons. The molecule has 4 rings (SSSR count). The highest BCUT2D eigenvalue weighted by atomic mass is 19.1. The van der Waals surface area contributed by atoms with Crippen LogP contribution in [0.25, 0.3) is 5.65 Å². The summed E-state index contributed by atoms with van der Waals surface area (Å²) in [6.07, 6.45) is 4.46. The van der Waals surface area contributed by atoms with E-state index in [-0.39, 0.29) is 17.6 Å². The van der Waals surface area contributed by atoms with Crippen LogP contribution in [0.2, 0.25) is 0 Å². The van der Waals surface area contributed by atoms with Gasteiger partial charge in [-0.15, -0.1) is 0 Å². The van der Waals surface area contributed by atoms with Gasteiger partial charge < -0.3 is 9.47 Å². The predicted octanol–water partition coefficient (Wildman–Crippen LogP) is 3.19. The minimum absolute atomic E-state index is 0.0489. The van der Waals surface area contributed by atoms with Crippen molar-refractivity contribution in [2.24, 2.45) is 0 Å². The molecule has 24 heavy (non-hydrogen) atoms. The molecule has 3 aromatic heterocycles. The van der Waals surface area contributed by atoms with Crippen LogP contribution >= 0.6 is 0 Å². The minimum Gasteiger partial charge on any atom is -0.348 e. The maximum absolute atomic E-state index is 14.7. The van der Waals surface area contributed by atoms with Gasteiger partial charge in [0.2, 0.25) is 5.95 Å². The number of nitrogens with zero attached hydrogens (tertiary/aromatic N) is 4. The predicted molar refractivity (Wildman–Crippen MR) is 88.4 cm³/mol. The Hall–Kier alpha value is -2.63. The quantitative estimate of drug-likeness (QED) is 0.726. The fraction of sp³-hybridized carbons (Fsp3) is 0.333. The van der Waals surface area contributed by atoms with Crippen molar-refractivity contribution >= 4 is 11.6 Å². The third-order valence-corrected chi connectivity index (χ3v) is 4.72. The van der Waals surface area contributed by atoms with Crippen molar-refractivity contribution in [3.05, 3.63) is 59.6 Å². The standard InChI is InChI=1S/C18H19FN4O/c1-3-13-14-5-4-8-21(14)9-10-22(13)18(24)16-17(19)23-11-12(2)6-7-15(23)20-16/h4-8,11,13H,3,9-10H2,1-2H3. The molecule has 6 heteroatoms. The normalized spacial score (nSPS) is 17.3. The Bertz CT molecular complexity index is 926. The van der Waals surface area contributed by atoms with E-state index in [9.17, 15) is 9.18 Å². The molecule has 1 atom stereocenters. The van der Waals surface area contributed by atoms with E-state index in [1.807, 2.05) is 38.2 Å². The maximum Gasteiger partial charge on any atom is 0.277 e. The second-order valence-corrected chi connectivity index (χ2v) is 6.23. The molecule has 4 heterocycles. The molecule has 3 aromatic rings. The number of pyridine rings is 1. The van der Waals surface area contributed by atoms with E-state index in [0.29, 0.717) is 12.2 Å². The third-order valence-electron chi connectivity index (χ3n) is 4.72. The van der Waals surface area contributed by atoms with Crippen molar-refractivity contribution in [1.82, 2.24) is 18.9 Å². The number of fused-ring (bicyclic) bond motifs is 2. The van der Waals surface area contributed by atoms with Crippen LogP contribution in [-0.2, 0) is 6.54 Å². The smallest absolute Gasteiger partial charge is 0.277 e. The lowest BCUT2D eigenvalue weighted by Gasteiger charge is -2.36. The summed E-state index contributed by atoms with van der Waals surface area (Å²) in [6.45, 7) is 5.20. The summed E-state index contributed by atoms with van der Waals surface area (Å²) in [7, 11) is 0. The summed E-state index contributed by atoms with van der Waals surface area (Å²) in [5.41, 5.74) is 2.37. The van der Waals surface area contributed by atoms with Crippen LogP contribution in [0.15, 0.2) is 36.7 Å². The molecule has 0 aromatic carbocycles. The molecule has 0 N–H and O–H groups in total. The molecule has 0 fully saturated rings. The van der Waals surface area contributed by atoms with Crippen LogP contribution in [0.3, 0.4) is 0 Å². The van der Waals surface area contributed by atoms with Gasteiger partial charge in [-0.1, -0.05) is 13.0 Å². The summed E-state index contributed by atoms with van der Waals surface area (Å²) < 4.78 is 18.2. The van der Waals surface area contributed by atoms with Gasteiger partial charge in [0.25, 0.3) is 5.91 Å². The third kappa shape index (κ3) is 2.13. The van der Waals surface area contributed by atoms with Gasteiger partial charge in [-0.3, -0.25) is 9.20 Å². The zero-order valence-corrected chi connectivity index (χ0v) is 13.7. The molecule has 0 bridgehead atoms. The maximum atomic E-state index is 14.7. The van der Waals surface area contributed by atoms with Gasteiger partial charge in [-0.05, 0) is 37.1 Å². The Morgan fingerprint density at radius 3 is 2.96 bits per heavy atom. The van der Waals surface area contributed by atoms with E-state index in [2.05, 4.69) is 9.55 Å². The SMILES string of the molecule is CCC1c2cccn2CCN1C(=O)c1nc2ccc(C)cn2c1F. The van der Waals surface area contributed by atoms with Gasteiger partial charge >= 0.3 is 0 Å². The average molecular weight is 326 g/mol. The molecule has 0 saturated carbocycles. The Balaban J connectivity index is 1.75. The van der Waals surface area contributed by atoms with Crippen molar-refractivity contribution in [3.8, 4) is 0 Å². The van der Waals surface area contributed by atoms with Crippen molar-refractivity contribution in [2.75, 3.05) is 6.54 Å². The second kappa shape index (κ2) is 5.47. The van der Waals surface area contributed by atoms with E-state index < -0.39 is 5.95 Å².